The average Bonchev–Trinajstić information content (AvgIpc) is 2.92. The summed E-state index contributed by atoms with van der Waals surface area (Å²) in [5, 5.41) is 10.8. The molecule has 0 spiro atoms. The van der Waals surface area contributed by atoms with Crippen LogP contribution in [0.3, 0.4) is 0 Å². The first-order valence-corrected chi connectivity index (χ1v) is 13.6. The zero-order chi connectivity index (χ0) is 28.5. The van der Waals surface area contributed by atoms with Crippen molar-refractivity contribution in [2.24, 2.45) is 5.92 Å². The van der Waals surface area contributed by atoms with Gasteiger partial charge in [-0.1, -0.05) is 61.0 Å². The van der Waals surface area contributed by atoms with E-state index >= 15 is 0 Å². The highest BCUT2D eigenvalue weighted by molar-refractivity contribution is 6.03. The number of nitrogens with zero attached hydrogens (tertiary/aromatic N) is 1. The average molecular weight is 541 g/mol. The number of halogens is 1. The molecule has 1 aliphatic rings. The minimum atomic E-state index is -1.04. The van der Waals surface area contributed by atoms with Crippen molar-refractivity contribution in [3.63, 3.8) is 0 Å². The van der Waals surface area contributed by atoms with Crippen LogP contribution in [-0.2, 0) is 4.79 Å². The monoisotopic (exact) mass is 540 g/mol. The van der Waals surface area contributed by atoms with E-state index in [2.05, 4.69) is 17.4 Å². The van der Waals surface area contributed by atoms with Crippen molar-refractivity contribution < 1.29 is 13.9 Å². The maximum absolute atomic E-state index is 14.1. The Morgan fingerprint density at radius 2 is 1.75 bits per heavy atom. The molecule has 1 saturated carbocycles. The Labute approximate surface area is 235 Å². The molecule has 4 N–H and O–H groups in total. The molecule has 0 heterocycles. The molecular formula is C33H37FN4O2. The molecule has 0 aliphatic heterocycles. The number of benzene rings is 3. The van der Waals surface area contributed by atoms with E-state index in [1.165, 1.54) is 16.9 Å². The van der Waals surface area contributed by atoms with Crippen molar-refractivity contribution in [1.29, 1.82) is 5.41 Å². The van der Waals surface area contributed by atoms with Gasteiger partial charge in [-0.3, -0.25) is 10.2 Å². The molecule has 208 valence electrons. The van der Waals surface area contributed by atoms with Crippen molar-refractivity contribution in [3.8, 4) is 5.75 Å². The Bertz CT molecular complexity index is 1380. The van der Waals surface area contributed by atoms with E-state index < -0.39 is 5.97 Å². The molecule has 0 bridgehead atoms. The number of amides is 1. The minimum Gasteiger partial charge on any atom is -0.492 e. The fraction of sp³-hybridized carbons (Fsp3) is 0.273. The van der Waals surface area contributed by atoms with Gasteiger partial charge in [0, 0.05) is 38.9 Å². The number of rotatable bonds is 12. The quantitative estimate of drug-likeness (QED) is 0.0872. The van der Waals surface area contributed by atoms with Crippen molar-refractivity contribution in [2.45, 2.75) is 19.3 Å². The van der Waals surface area contributed by atoms with Crippen LogP contribution in [0.5, 0.6) is 5.75 Å². The Hall–Kier alpha value is -4.23. The van der Waals surface area contributed by atoms with Crippen LogP contribution in [0.4, 0.5) is 10.1 Å². The maximum Gasteiger partial charge on any atom is 0.245 e. The third-order valence-electron chi connectivity index (χ3n) is 7.10. The summed E-state index contributed by atoms with van der Waals surface area (Å²) >= 11 is 0. The van der Waals surface area contributed by atoms with Gasteiger partial charge in [0.25, 0.3) is 0 Å². The Balaban J connectivity index is 1.58. The van der Waals surface area contributed by atoms with Crippen molar-refractivity contribution in [1.82, 2.24) is 10.2 Å². The number of likely N-dealkylation sites (N-methyl/N-ethyl adjacent to an activating group) is 1. The number of hydrogen-bond acceptors (Lipinski definition) is 5. The number of carbonyl (C=O) groups is 1. The molecule has 0 radical (unpaired) electrons. The molecule has 40 heavy (non-hydrogen) atoms. The van der Waals surface area contributed by atoms with Crippen molar-refractivity contribution in [3.05, 3.63) is 107 Å². The minimum absolute atomic E-state index is 0.0440. The second kappa shape index (κ2) is 13.7. The van der Waals surface area contributed by atoms with Gasteiger partial charge in [-0.2, -0.15) is 4.39 Å². The van der Waals surface area contributed by atoms with E-state index in [9.17, 15) is 9.18 Å². The third-order valence-corrected chi connectivity index (χ3v) is 7.10. The van der Waals surface area contributed by atoms with E-state index in [4.69, 9.17) is 15.9 Å². The molecular weight excluding hydrogens is 503 g/mol. The Morgan fingerprint density at radius 1 is 1.05 bits per heavy atom. The fourth-order valence-corrected chi connectivity index (χ4v) is 4.73. The first kappa shape index (κ1) is 28.8. The molecule has 1 amide bonds. The lowest BCUT2D eigenvalue weighted by Gasteiger charge is -2.31. The highest BCUT2D eigenvalue weighted by Crippen LogP contribution is 2.45. The number of hydrogen-bond donors (Lipinski definition) is 3. The number of nitrogens with one attached hydrogen (secondary N) is 2. The lowest BCUT2D eigenvalue weighted by atomic mass is 9.73. The van der Waals surface area contributed by atoms with Crippen LogP contribution in [0, 0.1) is 11.3 Å². The summed E-state index contributed by atoms with van der Waals surface area (Å²) in [6, 6.07) is 23.6. The van der Waals surface area contributed by atoms with Crippen molar-refractivity contribution in [2.75, 3.05) is 39.5 Å². The molecule has 1 fully saturated rings. The summed E-state index contributed by atoms with van der Waals surface area (Å²) in [7, 11) is 3.44. The molecule has 7 heteroatoms. The lowest BCUT2D eigenvalue weighted by Crippen LogP contribution is -2.22. The first-order valence-electron chi connectivity index (χ1n) is 13.6. The largest absolute Gasteiger partial charge is 0.492 e. The highest BCUT2D eigenvalue weighted by Gasteiger charge is 2.27. The molecule has 0 atom stereocenters. The molecule has 0 unspecified atom stereocenters. The first-order chi connectivity index (χ1) is 19.3. The van der Waals surface area contributed by atoms with Crippen LogP contribution >= 0.6 is 0 Å². The predicted molar refractivity (Wildman–Crippen MR) is 161 cm³/mol. The SMILES string of the molecule is CN(C)C(=O)/C=C/CNCCOc1ccc(/C(=C(\c2ccccc2)C2CCC2)c2ccc(N)c(C(=N)F)c2)cc1. The van der Waals surface area contributed by atoms with Gasteiger partial charge in [-0.05, 0) is 70.9 Å². The maximum atomic E-state index is 14.1. The van der Waals surface area contributed by atoms with Crippen LogP contribution in [0.15, 0.2) is 84.9 Å². The summed E-state index contributed by atoms with van der Waals surface area (Å²) in [5.41, 5.74) is 11.6. The van der Waals surface area contributed by atoms with Crippen LogP contribution in [-0.4, -0.2) is 50.6 Å². The fourth-order valence-electron chi connectivity index (χ4n) is 4.73. The number of carbonyl (C=O) groups excluding carboxylic acids is 1. The van der Waals surface area contributed by atoms with Gasteiger partial charge < -0.3 is 20.7 Å². The standard InChI is InChI=1S/C33H37FN4O2/c1-38(2)30(39)12-7-19-37-20-21-40-27-16-13-25(14-17-27)32(26-15-18-29(35)28(22-26)33(34)36)31(24-10-6-11-24)23-8-4-3-5-9-23/h3-5,7-9,12-18,22,24,36-37H,6,10-11,19-21,35H2,1-2H3/b12-7+,32-31-,36-33?. The summed E-state index contributed by atoms with van der Waals surface area (Å²) in [6.45, 7) is 1.70. The Morgan fingerprint density at radius 3 is 2.38 bits per heavy atom. The number of allylic oxidation sites excluding steroid dienone is 1. The molecule has 3 aromatic rings. The van der Waals surface area contributed by atoms with Gasteiger partial charge in [0.05, 0.1) is 5.56 Å². The topological polar surface area (TPSA) is 91.4 Å². The van der Waals surface area contributed by atoms with E-state index in [0.717, 1.165) is 40.9 Å². The molecule has 3 aromatic carbocycles. The predicted octanol–water partition coefficient (Wildman–Crippen LogP) is 5.94. The van der Waals surface area contributed by atoms with Crippen molar-refractivity contribution >= 4 is 28.7 Å². The van der Waals surface area contributed by atoms with Crippen LogP contribution in [0.25, 0.3) is 11.1 Å². The van der Waals surface area contributed by atoms with Gasteiger partial charge >= 0.3 is 0 Å². The number of anilines is 1. The molecule has 0 saturated heterocycles. The highest BCUT2D eigenvalue weighted by atomic mass is 19.1. The second-order valence-corrected chi connectivity index (χ2v) is 10.1. The summed E-state index contributed by atoms with van der Waals surface area (Å²) < 4.78 is 20.0. The van der Waals surface area contributed by atoms with Gasteiger partial charge in [-0.25, -0.2) is 0 Å². The third kappa shape index (κ3) is 7.24. The Kier molecular flexibility index (Phi) is 9.86. The summed E-state index contributed by atoms with van der Waals surface area (Å²) in [4.78, 5) is 13.1. The van der Waals surface area contributed by atoms with Crippen LogP contribution in [0.1, 0.15) is 41.5 Å². The van der Waals surface area contributed by atoms with Gasteiger partial charge in [0.15, 0.2) is 0 Å². The smallest absolute Gasteiger partial charge is 0.245 e. The van der Waals surface area contributed by atoms with E-state index in [1.807, 2.05) is 48.5 Å². The van der Waals surface area contributed by atoms with E-state index in [-0.39, 0.29) is 17.2 Å². The zero-order valence-corrected chi connectivity index (χ0v) is 23.1. The second-order valence-electron chi connectivity index (χ2n) is 10.1. The number of nitrogens with two attached hydrogens (primary N) is 1. The van der Waals surface area contributed by atoms with E-state index in [1.54, 1.807) is 38.4 Å². The molecule has 0 aromatic heterocycles. The normalized spacial score (nSPS) is 14.0. The van der Waals surface area contributed by atoms with Crippen LogP contribution < -0.4 is 15.8 Å². The number of nitrogen functional groups attached to an aromatic ring is 1. The van der Waals surface area contributed by atoms with E-state index in [0.29, 0.717) is 25.6 Å². The van der Waals surface area contributed by atoms with Gasteiger partial charge in [0.1, 0.15) is 12.4 Å². The zero-order valence-electron chi connectivity index (χ0n) is 23.1. The van der Waals surface area contributed by atoms with Crippen LogP contribution in [0.2, 0.25) is 0 Å². The van der Waals surface area contributed by atoms with Gasteiger partial charge in [-0.15, -0.1) is 0 Å². The summed E-state index contributed by atoms with van der Waals surface area (Å²) in [6.07, 6.45) is 6.72. The summed E-state index contributed by atoms with van der Waals surface area (Å²) in [5.74, 6) is 0.0576. The lowest BCUT2D eigenvalue weighted by molar-refractivity contribution is -0.123. The number of ether oxygens (including phenoxy) is 1. The molecule has 1 aliphatic carbocycles. The molecule has 6 nitrogen and oxygen atoms in total. The van der Waals surface area contributed by atoms with Gasteiger partial charge in [0.2, 0.25) is 11.9 Å². The molecule has 4 rings (SSSR count).